The van der Waals surface area contributed by atoms with Crippen LogP contribution in [0.3, 0.4) is 0 Å². The maximum Gasteiger partial charge on any atom is 0.323 e. The second-order valence-corrected chi connectivity index (χ2v) is 9.56. The molecule has 2 aromatic carbocycles. The van der Waals surface area contributed by atoms with Crippen LogP contribution in [0.4, 0.5) is 0 Å². The van der Waals surface area contributed by atoms with Gasteiger partial charge in [0.05, 0.1) is 6.61 Å². The molecule has 2 saturated heterocycles. The average Bonchev–Trinajstić information content (AvgIpc) is 3.37. The zero-order chi connectivity index (χ0) is 24.9. The Kier molecular flexibility index (Phi) is 7.60. The van der Waals surface area contributed by atoms with Crippen LogP contribution in [0.2, 0.25) is 0 Å². The van der Waals surface area contributed by atoms with Crippen LogP contribution in [0.5, 0.6) is 17.2 Å². The Morgan fingerprint density at radius 1 is 0.972 bits per heavy atom. The Morgan fingerprint density at radius 3 is 2.64 bits per heavy atom. The van der Waals surface area contributed by atoms with Crippen molar-refractivity contribution in [2.75, 3.05) is 33.0 Å². The quantitative estimate of drug-likeness (QED) is 0.538. The first-order valence-electron chi connectivity index (χ1n) is 13.0. The Hall–Kier alpha value is -3.26. The van der Waals surface area contributed by atoms with Gasteiger partial charge in [-0.25, -0.2) is 0 Å². The van der Waals surface area contributed by atoms with Gasteiger partial charge in [0.1, 0.15) is 17.9 Å². The zero-order valence-corrected chi connectivity index (χ0v) is 20.8. The summed E-state index contributed by atoms with van der Waals surface area (Å²) >= 11 is 0. The molecule has 1 amide bonds. The van der Waals surface area contributed by atoms with Gasteiger partial charge in [-0.15, -0.1) is 0 Å². The molecule has 3 heterocycles. The van der Waals surface area contributed by atoms with Crippen molar-refractivity contribution < 1.29 is 28.5 Å². The van der Waals surface area contributed by atoms with Crippen molar-refractivity contribution in [1.82, 2.24) is 9.80 Å². The molecular formula is C28H34N2O6. The number of benzene rings is 2. The van der Waals surface area contributed by atoms with Crippen LogP contribution < -0.4 is 14.2 Å². The molecule has 0 radical (unpaired) electrons. The van der Waals surface area contributed by atoms with Crippen molar-refractivity contribution >= 4 is 11.9 Å². The lowest BCUT2D eigenvalue weighted by atomic mass is 10.0. The lowest BCUT2D eigenvalue weighted by Crippen LogP contribution is -2.44. The number of carbonyl (C=O) groups excluding carboxylic acids is 2. The van der Waals surface area contributed by atoms with E-state index in [1.165, 1.54) is 0 Å². The molecule has 0 saturated carbocycles. The highest BCUT2D eigenvalue weighted by molar-refractivity contribution is 5.95. The van der Waals surface area contributed by atoms with Gasteiger partial charge in [-0.1, -0.05) is 18.6 Å². The Morgan fingerprint density at radius 2 is 1.81 bits per heavy atom. The predicted molar refractivity (Wildman–Crippen MR) is 133 cm³/mol. The number of amides is 1. The maximum atomic E-state index is 13.0. The Balaban J connectivity index is 1.15. The number of hydrogen-bond donors (Lipinski definition) is 0. The van der Waals surface area contributed by atoms with Gasteiger partial charge in [0.25, 0.3) is 5.91 Å². The fourth-order valence-corrected chi connectivity index (χ4v) is 5.22. The predicted octanol–water partition coefficient (Wildman–Crippen LogP) is 4.02. The standard InChI is InChI=1S/C28H34N2O6/c1-2-33-28(32)24-8-3-4-13-30(24)18-20-6-5-7-23(16-20)36-22-11-14-29(15-12-22)27(31)21-9-10-25-26(17-21)35-19-34-25/h5-7,9-10,16-17,22,24H,2-4,8,11-15,18-19H2,1H3/t24-/m1/s1. The number of piperidine rings is 2. The molecule has 3 aliphatic rings. The number of hydrogen-bond acceptors (Lipinski definition) is 7. The van der Waals surface area contributed by atoms with Gasteiger partial charge in [-0.2, -0.15) is 0 Å². The molecule has 0 unspecified atom stereocenters. The van der Waals surface area contributed by atoms with Crippen LogP contribution in [0.1, 0.15) is 54.9 Å². The summed E-state index contributed by atoms with van der Waals surface area (Å²) in [5.74, 6) is 2.02. The van der Waals surface area contributed by atoms with Crippen LogP contribution in [0.15, 0.2) is 42.5 Å². The molecule has 0 spiro atoms. The van der Waals surface area contributed by atoms with Crippen molar-refractivity contribution in [1.29, 1.82) is 0 Å². The molecule has 1 atom stereocenters. The Bertz CT molecular complexity index is 1080. The highest BCUT2D eigenvalue weighted by Gasteiger charge is 2.30. The Labute approximate surface area is 212 Å². The van der Waals surface area contributed by atoms with Gasteiger partial charge in [0.2, 0.25) is 6.79 Å². The molecule has 36 heavy (non-hydrogen) atoms. The van der Waals surface area contributed by atoms with E-state index < -0.39 is 0 Å². The summed E-state index contributed by atoms with van der Waals surface area (Å²) in [5.41, 5.74) is 1.74. The molecule has 2 fully saturated rings. The minimum atomic E-state index is -0.171. The average molecular weight is 495 g/mol. The third-order valence-electron chi connectivity index (χ3n) is 7.11. The van der Waals surface area contributed by atoms with Crippen LogP contribution in [-0.4, -0.2) is 66.9 Å². The second-order valence-electron chi connectivity index (χ2n) is 9.56. The summed E-state index contributed by atoms with van der Waals surface area (Å²) in [5, 5.41) is 0. The fourth-order valence-electron chi connectivity index (χ4n) is 5.22. The van der Waals surface area contributed by atoms with Gasteiger partial charge < -0.3 is 23.8 Å². The fraction of sp³-hybridized carbons (Fsp3) is 0.500. The van der Waals surface area contributed by atoms with Crippen LogP contribution in [0, 0.1) is 0 Å². The van der Waals surface area contributed by atoms with E-state index in [1.807, 2.05) is 24.0 Å². The number of ether oxygens (including phenoxy) is 4. The normalized spacial score (nSPS) is 20.2. The van der Waals surface area contributed by atoms with Gasteiger partial charge in [0.15, 0.2) is 11.5 Å². The van der Waals surface area contributed by atoms with Crippen molar-refractivity contribution in [2.24, 2.45) is 0 Å². The smallest absolute Gasteiger partial charge is 0.323 e. The van der Waals surface area contributed by atoms with Gasteiger partial charge in [-0.3, -0.25) is 14.5 Å². The molecule has 0 N–H and O–H groups in total. The van der Waals surface area contributed by atoms with E-state index in [4.69, 9.17) is 18.9 Å². The number of carbonyl (C=O) groups is 2. The molecule has 2 aromatic rings. The van der Waals surface area contributed by atoms with E-state index in [9.17, 15) is 9.59 Å². The lowest BCUT2D eigenvalue weighted by Gasteiger charge is -2.34. The summed E-state index contributed by atoms with van der Waals surface area (Å²) in [4.78, 5) is 29.5. The highest BCUT2D eigenvalue weighted by atomic mass is 16.7. The van der Waals surface area contributed by atoms with Crippen molar-refractivity contribution in [3.05, 3.63) is 53.6 Å². The SMILES string of the molecule is CCOC(=O)[C@H]1CCCCN1Cc1cccc(OC2CCN(C(=O)c3ccc4c(c3)OCO4)CC2)c1. The first kappa shape index (κ1) is 24.4. The van der Waals surface area contributed by atoms with E-state index in [1.54, 1.807) is 18.2 Å². The third-order valence-corrected chi connectivity index (χ3v) is 7.11. The molecule has 0 bridgehead atoms. The van der Waals surface area contributed by atoms with Crippen LogP contribution in [-0.2, 0) is 16.1 Å². The summed E-state index contributed by atoms with van der Waals surface area (Å²) in [7, 11) is 0. The molecule has 0 aromatic heterocycles. The molecular weight excluding hydrogens is 460 g/mol. The second kappa shape index (κ2) is 11.2. The molecule has 5 rings (SSSR count). The molecule has 192 valence electrons. The molecule has 3 aliphatic heterocycles. The minimum absolute atomic E-state index is 0.00596. The first-order valence-corrected chi connectivity index (χ1v) is 13.0. The highest BCUT2D eigenvalue weighted by Crippen LogP contribution is 2.33. The minimum Gasteiger partial charge on any atom is -0.490 e. The van der Waals surface area contributed by atoms with E-state index in [2.05, 4.69) is 17.0 Å². The summed E-state index contributed by atoms with van der Waals surface area (Å²) < 4.78 is 22.4. The lowest BCUT2D eigenvalue weighted by molar-refractivity contribution is -0.151. The summed E-state index contributed by atoms with van der Waals surface area (Å²) in [6.07, 6.45) is 4.60. The third kappa shape index (κ3) is 5.59. The van der Waals surface area contributed by atoms with E-state index >= 15 is 0 Å². The van der Waals surface area contributed by atoms with E-state index in [0.717, 1.165) is 50.0 Å². The number of rotatable bonds is 7. The van der Waals surface area contributed by atoms with Crippen molar-refractivity contribution in [3.63, 3.8) is 0 Å². The molecule has 0 aliphatic carbocycles. The number of likely N-dealkylation sites (tertiary alicyclic amines) is 2. The number of fused-ring (bicyclic) bond motifs is 1. The van der Waals surface area contributed by atoms with Gasteiger partial charge >= 0.3 is 5.97 Å². The largest absolute Gasteiger partial charge is 0.490 e. The summed E-state index contributed by atoms with van der Waals surface area (Å²) in [6, 6.07) is 13.3. The van der Waals surface area contributed by atoms with E-state index in [0.29, 0.717) is 43.3 Å². The van der Waals surface area contributed by atoms with Crippen LogP contribution in [0.25, 0.3) is 0 Å². The number of nitrogens with zero attached hydrogens (tertiary/aromatic N) is 2. The topological polar surface area (TPSA) is 77.5 Å². The zero-order valence-electron chi connectivity index (χ0n) is 20.8. The monoisotopic (exact) mass is 494 g/mol. The maximum absolute atomic E-state index is 13.0. The van der Waals surface area contributed by atoms with Crippen molar-refractivity contribution in [2.45, 2.75) is 57.7 Å². The van der Waals surface area contributed by atoms with Gasteiger partial charge in [-0.05, 0) is 62.2 Å². The van der Waals surface area contributed by atoms with Crippen molar-refractivity contribution in [3.8, 4) is 17.2 Å². The first-order chi connectivity index (χ1) is 17.6. The van der Waals surface area contributed by atoms with Crippen LogP contribution >= 0.6 is 0 Å². The number of esters is 1. The molecule has 8 nitrogen and oxygen atoms in total. The van der Waals surface area contributed by atoms with E-state index in [-0.39, 0.29) is 30.8 Å². The van der Waals surface area contributed by atoms with Gasteiger partial charge in [0, 0.05) is 38.0 Å². The summed E-state index contributed by atoms with van der Waals surface area (Å²) in [6.45, 7) is 5.34. The molecule has 8 heteroatoms.